The van der Waals surface area contributed by atoms with Gasteiger partial charge in [-0.15, -0.1) is 0 Å². The van der Waals surface area contributed by atoms with Gasteiger partial charge in [0.05, 0.1) is 6.04 Å². The minimum Gasteiger partial charge on any atom is -0.361 e. The van der Waals surface area contributed by atoms with Gasteiger partial charge < -0.3 is 14.0 Å². The summed E-state index contributed by atoms with van der Waals surface area (Å²) in [6, 6.07) is 9.97. The Labute approximate surface area is 158 Å². The second-order valence-electron chi connectivity index (χ2n) is 7.35. The summed E-state index contributed by atoms with van der Waals surface area (Å²) in [5.74, 6) is 1.73. The first kappa shape index (κ1) is 17.5. The minimum atomic E-state index is -0.00512. The molecule has 3 aromatic rings. The molecule has 0 saturated carbocycles. The standard InChI is InChI=1S/C21H24N4O2/c1-14(2)24-12-10-22-20(24)16-6-8-17(9-7-16)21(26)25-11-4-5-19(25)18-13-15(3)27-23-18/h6-10,12-14,19H,4-5,11H2,1-3H3/t19-/m0/s1. The summed E-state index contributed by atoms with van der Waals surface area (Å²) in [6.45, 7) is 6.87. The van der Waals surface area contributed by atoms with Crippen molar-refractivity contribution in [2.75, 3.05) is 6.54 Å². The van der Waals surface area contributed by atoms with Gasteiger partial charge in [-0.1, -0.05) is 17.3 Å². The second kappa shape index (κ2) is 7.02. The molecular formula is C21H24N4O2. The zero-order chi connectivity index (χ0) is 19.0. The normalized spacial score (nSPS) is 17.0. The maximum atomic E-state index is 13.1. The summed E-state index contributed by atoms with van der Waals surface area (Å²) in [5.41, 5.74) is 2.54. The Morgan fingerprint density at radius 2 is 2.04 bits per heavy atom. The van der Waals surface area contributed by atoms with Gasteiger partial charge in [0.1, 0.15) is 17.3 Å². The lowest BCUT2D eigenvalue weighted by Crippen LogP contribution is -2.30. The molecule has 3 heterocycles. The largest absolute Gasteiger partial charge is 0.361 e. The first-order valence-electron chi connectivity index (χ1n) is 9.42. The van der Waals surface area contributed by atoms with E-state index in [0.29, 0.717) is 11.6 Å². The highest BCUT2D eigenvalue weighted by atomic mass is 16.5. The lowest BCUT2D eigenvalue weighted by molar-refractivity contribution is 0.0731. The number of carbonyl (C=O) groups is 1. The van der Waals surface area contributed by atoms with E-state index >= 15 is 0 Å². The zero-order valence-corrected chi connectivity index (χ0v) is 15.9. The fourth-order valence-electron chi connectivity index (χ4n) is 3.74. The smallest absolute Gasteiger partial charge is 0.254 e. The Morgan fingerprint density at radius 3 is 2.70 bits per heavy atom. The summed E-state index contributed by atoms with van der Waals surface area (Å²) < 4.78 is 7.33. The van der Waals surface area contributed by atoms with Crippen LogP contribution < -0.4 is 0 Å². The monoisotopic (exact) mass is 364 g/mol. The number of likely N-dealkylation sites (tertiary alicyclic amines) is 1. The molecule has 1 aliphatic rings. The van der Waals surface area contributed by atoms with E-state index in [9.17, 15) is 4.79 Å². The number of benzene rings is 1. The van der Waals surface area contributed by atoms with Gasteiger partial charge in [-0.2, -0.15) is 0 Å². The van der Waals surface area contributed by atoms with E-state index in [2.05, 4.69) is 28.6 Å². The number of hydrogen-bond acceptors (Lipinski definition) is 4. The van der Waals surface area contributed by atoms with Crippen LogP contribution in [-0.4, -0.2) is 32.1 Å². The van der Waals surface area contributed by atoms with E-state index in [1.807, 2.05) is 54.5 Å². The van der Waals surface area contributed by atoms with Crippen molar-refractivity contribution in [3.8, 4) is 11.4 Å². The predicted octanol–water partition coefficient (Wildman–Crippen LogP) is 4.40. The number of hydrogen-bond donors (Lipinski definition) is 0. The highest BCUT2D eigenvalue weighted by Gasteiger charge is 2.32. The van der Waals surface area contributed by atoms with Crippen molar-refractivity contribution in [3.63, 3.8) is 0 Å². The summed E-state index contributed by atoms with van der Waals surface area (Å²) in [5, 5.41) is 4.12. The van der Waals surface area contributed by atoms with Gasteiger partial charge in [0.2, 0.25) is 0 Å². The maximum absolute atomic E-state index is 13.1. The highest BCUT2D eigenvalue weighted by Crippen LogP contribution is 2.33. The third-order valence-corrected chi connectivity index (χ3v) is 5.12. The van der Waals surface area contributed by atoms with Crippen molar-refractivity contribution in [2.45, 2.75) is 45.7 Å². The van der Waals surface area contributed by atoms with Crippen molar-refractivity contribution < 1.29 is 9.32 Å². The van der Waals surface area contributed by atoms with Gasteiger partial charge in [-0.25, -0.2) is 4.98 Å². The molecule has 1 atom stereocenters. The van der Waals surface area contributed by atoms with E-state index in [1.54, 1.807) is 0 Å². The molecule has 2 aromatic heterocycles. The van der Waals surface area contributed by atoms with Gasteiger partial charge >= 0.3 is 0 Å². The Kier molecular flexibility index (Phi) is 4.56. The predicted molar refractivity (Wildman–Crippen MR) is 102 cm³/mol. The molecule has 0 bridgehead atoms. The lowest BCUT2D eigenvalue weighted by Gasteiger charge is -2.23. The van der Waals surface area contributed by atoms with E-state index in [1.165, 1.54) is 0 Å². The molecule has 140 valence electrons. The molecule has 1 aromatic carbocycles. The van der Waals surface area contributed by atoms with Crippen molar-refractivity contribution in [2.24, 2.45) is 0 Å². The van der Waals surface area contributed by atoms with Gasteiger partial charge in [0.15, 0.2) is 0 Å². The topological polar surface area (TPSA) is 64.2 Å². The number of aromatic nitrogens is 3. The molecule has 1 saturated heterocycles. The number of rotatable bonds is 4. The first-order chi connectivity index (χ1) is 13.0. The SMILES string of the molecule is Cc1cc([C@@H]2CCCN2C(=O)c2ccc(-c3nccn3C(C)C)cc2)no1. The fraction of sp³-hybridized carbons (Fsp3) is 0.381. The van der Waals surface area contributed by atoms with E-state index < -0.39 is 0 Å². The fourth-order valence-corrected chi connectivity index (χ4v) is 3.74. The first-order valence-corrected chi connectivity index (χ1v) is 9.42. The molecule has 6 heteroatoms. The van der Waals surface area contributed by atoms with Crippen LogP contribution in [0.4, 0.5) is 0 Å². The quantitative estimate of drug-likeness (QED) is 0.688. The zero-order valence-electron chi connectivity index (χ0n) is 15.9. The molecule has 0 aliphatic carbocycles. The van der Waals surface area contributed by atoms with Crippen molar-refractivity contribution in [3.05, 3.63) is 59.7 Å². The molecule has 0 N–H and O–H groups in total. The molecule has 1 amide bonds. The van der Waals surface area contributed by atoms with Crippen LogP contribution in [0.5, 0.6) is 0 Å². The Morgan fingerprint density at radius 1 is 1.26 bits per heavy atom. The lowest BCUT2D eigenvalue weighted by atomic mass is 10.1. The van der Waals surface area contributed by atoms with Crippen molar-refractivity contribution in [1.29, 1.82) is 0 Å². The molecule has 0 spiro atoms. The number of imidazole rings is 1. The summed E-state index contributed by atoms with van der Waals surface area (Å²) in [6.07, 6.45) is 5.69. The summed E-state index contributed by atoms with van der Waals surface area (Å²) in [7, 11) is 0. The molecular weight excluding hydrogens is 340 g/mol. The number of amides is 1. The van der Waals surface area contributed by atoms with Crippen LogP contribution in [0.2, 0.25) is 0 Å². The van der Waals surface area contributed by atoms with Gasteiger partial charge in [0.25, 0.3) is 5.91 Å². The Balaban J connectivity index is 1.56. The molecule has 27 heavy (non-hydrogen) atoms. The van der Waals surface area contributed by atoms with E-state index in [-0.39, 0.29) is 11.9 Å². The van der Waals surface area contributed by atoms with Gasteiger partial charge in [-0.05, 0) is 45.7 Å². The number of nitrogens with zero attached hydrogens (tertiary/aromatic N) is 4. The maximum Gasteiger partial charge on any atom is 0.254 e. The van der Waals surface area contributed by atoms with Crippen LogP contribution in [0.3, 0.4) is 0 Å². The van der Waals surface area contributed by atoms with Crippen LogP contribution in [0.25, 0.3) is 11.4 Å². The molecule has 1 fully saturated rings. The summed E-state index contributed by atoms with van der Waals surface area (Å²) >= 11 is 0. The number of aryl methyl sites for hydroxylation is 1. The van der Waals surface area contributed by atoms with E-state index in [0.717, 1.165) is 42.2 Å². The molecule has 4 rings (SSSR count). The second-order valence-corrected chi connectivity index (χ2v) is 7.35. The molecule has 6 nitrogen and oxygen atoms in total. The average Bonchev–Trinajstić information content (AvgIpc) is 3.40. The van der Waals surface area contributed by atoms with E-state index in [4.69, 9.17) is 4.52 Å². The number of carbonyl (C=O) groups excluding carboxylic acids is 1. The van der Waals surface area contributed by atoms with Crippen LogP contribution in [0, 0.1) is 6.92 Å². The average molecular weight is 364 g/mol. The van der Waals surface area contributed by atoms with Gasteiger partial charge in [0, 0.05) is 42.2 Å². The van der Waals surface area contributed by atoms with Gasteiger partial charge in [-0.3, -0.25) is 4.79 Å². The van der Waals surface area contributed by atoms with Crippen molar-refractivity contribution >= 4 is 5.91 Å². The Bertz CT molecular complexity index is 939. The van der Waals surface area contributed by atoms with Crippen LogP contribution >= 0.6 is 0 Å². The molecule has 0 radical (unpaired) electrons. The van der Waals surface area contributed by atoms with Crippen LogP contribution in [-0.2, 0) is 0 Å². The highest BCUT2D eigenvalue weighted by molar-refractivity contribution is 5.95. The summed E-state index contributed by atoms with van der Waals surface area (Å²) in [4.78, 5) is 19.4. The Hall–Kier alpha value is -2.89. The van der Waals surface area contributed by atoms with Crippen LogP contribution in [0.1, 0.15) is 60.6 Å². The third kappa shape index (κ3) is 3.27. The molecule has 1 aliphatic heterocycles. The minimum absolute atomic E-state index is 0.00512. The third-order valence-electron chi connectivity index (χ3n) is 5.12. The molecule has 0 unspecified atom stereocenters. The van der Waals surface area contributed by atoms with Crippen molar-refractivity contribution in [1.82, 2.24) is 19.6 Å². The van der Waals surface area contributed by atoms with Crippen LogP contribution in [0.15, 0.2) is 47.2 Å².